The molecule has 1 radical (unpaired) electrons. The molecular formula is C4H7O9S2. The molecule has 1 unspecified atom stereocenters. The molecule has 0 fully saturated rings. The van der Waals surface area contributed by atoms with Crippen LogP contribution < -0.4 is 0 Å². The number of hydrogen-bond donors (Lipinski definition) is 4. The van der Waals surface area contributed by atoms with Gasteiger partial charge in [-0.25, -0.2) is 4.79 Å². The third-order valence-corrected chi connectivity index (χ3v) is 4.28. The first-order chi connectivity index (χ1) is 6.31. The largest absolute Gasteiger partial charge is 0.479 e. The lowest BCUT2D eigenvalue weighted by Crippen LogP contribution is -2.48. The minimum Gasteiger partial charge on any atom is -0.479 e. The lowest BCUT2D eigenvalue weighted by molar-refractivity contribution is -0.153. The number of carbonyl (C=O) groups is 1. The molecule has 0 aliphatic rings. The Morgan fingerprint density at radius 2 is 1.33 bits per heavy atom. The Morgan fingerprint density at radius 1 is 1.07 bits per heavy atom. The highest BCUT2D eigenvalue weighted by Gasteiger charge is 2.56. The zero-order valence-electron chi connectivity index (χ0n) is 7.15. The Kier molecular flexibility index (Phi) is 3.49. The summed E-state index contributed by atoms with van der Waals surface area (Å²) >= 11 is 0. The summed E-state index contributed by atoms with van der Waals surface area (Å²) in [5, 5.41) is 17.3. The van der Waals surface area contributed by atoms with E-state index < -0.39 is 36.4 Å². The fraction of sp³-hybridized carbons (Fsp3) is 0.500. The summed E-state index contributed by atoms with van der Waals surface area (Å²) in [5.74, 6) is -2.27. The molecule has 0 spiro atoms. The van der Waals surface area contributed by atoms with E-state index in [1.807, 2.05) is 0 Å². The van der Waals surface area contributed by atoms with Crippen LogP contribution in [0.5, 0.6) is 0 Å². The summed E-state index contributed by atoms with van der Waals surface area (Å²) in [6.07, 6.45) is 0. The van der Waals surface area contributed by atoms with E-state index in [4.69, 9.17) is 19.3 Å². The molecule has 4 N–H and O–H groups in total. The van der Waals surface area contributed by atoms with Gasteiger partial charge in [-0.1, -0.05) is 0 Å². The molecule has 15 heavy (non-hydrogen) atoms. The maximum Gasteiger partial charge on any atom is 0.338 e. The summed E-state index contributed by atoms with van der Waals surface area (Å²) in [4.78, 5) is 10.3. The van der Waals surface area contributed by atoms with E-state index in [9.17, 15) is 21.6 Å². The quantitative estimate of drug-likeness (QED) is 0.423. The molecule has 0 bridgehead atoms. The highest BCUT2D eigenvalue weighted by atomic mass is 32.3. The average molecular weight is 263 g/mol. The minimum absolute atomic E-state index is 0.270. The molecule has 9 nitrogen and oxygen atoms in total. The smallest absolute Gasteiger partial charge is 0.338 e. The SMILES string of the molecule is CC(O)([C](S(=O)(=O)O)S(=O)(=O)O)C(=O)O. The first-order valence-electron chi connectivity index (χ1n) is 3.09. The second kappa shape index (κ2) is 3.68. The van der Waals surface area contributed by atoms with Gasteiger partial charge in [0.2, 0.25) is 5.60 Å². The molecule has 0 aliphatic carbocycles. The predicted molar refractivity (Wildman–Crippen MR) is 44.6 cm³/mol. The number of carboxylic acids is 1. The minimum atomic E-state index is -5.58. The van der Waals surface area contributed by atoms with E-state index in [2.05, 4.69) is 0 Å². The van der Waals surface area contributed by atoms with E-state index in [-0.39, 0.29) is 6.92 Å². The summed E-state index contributed by atoms with van der Waals surface area (Å²) in [5.41, 5.74) is -3.46. The van der Waals surface area contributed by atoms with Gasteiger partial charge in [-0.05, 0) is 6.92 Å². The highest BCUT2D eigenvalue weighted by Crippen LogP contribution is 2.29. The molecule has 1 atom stereocenters. The highest BCUT2D eigenvalue weighted by molar-refractivity contribution is 8.08. The van der Waals surface area contributed by atoms with Crippen molar-refractivity contribution in [3.63, 3.8) is 0 Å². The van der Waals surface area contributed by atoms with Crippen LogP contribution in [0.1, 0.15) is 6.92 Å². The van der Waals surface area contributed by atoms with Gasteiger partial charge in [-0.15, -0.1) is 0 Å². The van der Waals surface area contributed by atoms with Gasteiger partial charge in [-0.3, -0.25) is 9.11 Å². The fourth-order valence-electron chi connectivity index (χ4n) is 0.723. The van der Waals surface area contributed by atoms with Crippen LogP contribution in [-0.4, -0.2) is 47.7 Å². The van der Waals surface area contributed by atoms with Crippen molar-refractivity contribution < 1.29 is 40.9 Å². The van der Waals surface area contributed by atoms with Gasteiger partial charge in [0.1, 0.15) is 0 Å². The molecule has 0 aliphatic heterocycles. The van der Waals surface area contributed by atoms with E-state index in [1.165, 1.54) is 0 Å². The van der Waals surface area contributed by atoms with Gasteiger partial charge >= 0.3 is 10.6 Å². The zero-order valence-corrected chi connectivity index (χ0v) is 8.78. The maximum absolute atomic E-state index is 10.5. The molecule has 0 saturated carbocycles. The van der Waals surface area contributed by atoms with Crippen LogP contribution in [0.4, 0.5) is 0 Å². The average Bonchev–Trinajstić information content (AvgIpc) is 1.76. The zero-order chi connectivity index (χ0) is 12.7. The summed E-state index contributed by atoms with van der Waals surface area (Å²) in [6, 6.07) is 0. The first-order valence-corrected chi connectivity index (χ1v) is 5.97. The molecule has 0 aromatic carbocycles. The normalized spacial score (nSPS) is 17.4. The molecular weight excluding hydrogens is 256 g/mol. The number of rotatable bonds is 4. The number of carboxylic acid groups (broad SMARTS) is 1. The van der Waals surface area contributed by atoms with Crippen LogP contribution in [0.15, 0.2) is 0 Å². The van der Waals surface area contributed by atoms with Gasteiger partial charge in [0, 0.05) is 0 Å². The summed E-state index contributed by atoms with van der Waals surface area (Å²) < 4.78 is 56.4. The van der Waals surface area contributed by atoms with Crippen LogP contribution in [0, 0.1) is 4.58 Å². The van der Waals surface area contributed by atoms with Crippen molar-refractivity contribution in [2.24, 2.45) is 0 Å². The Labute approximate surface area is 84.8 Å². The van der Waals surface area contributed by atoms with Crippen molar-refractivity contribution >= 4 is 26.2 Å². The van der Waals surface area contributed by atoms with Gasteiger partial charge in [0.25, 0.3) is 20.2 Å². The molecule has 0 rings (SSSR count). The van der Waals surface area contributed by atoms with Crippen molar-refractivity contribution in [2.75, 3.05) is 0 Å². The topological polar surface area (TPSA) is 166 Å². The van der Waals surface area contributed by atoms with E-state index in [0.29, 0.717) is 0 Å². The van der Waals surface area contributed by atoms with Crippen LogP contribution in [0.3, 0.4) is 0 Å². The number of aliphatic hydroxyl groups is 1. The standard InChI is InChI=1S/C4H7O9S2/c1-4(7,2(5)6)3(14(8,9)10)15(11,12)13/h7H,1H3,(H,5,6)(H,8,9,10)(H,11,12,13). The van der Waals surface area contributed by atoms with Gasteiger partial charge in [0.05, 0.1) is 0 Å². The van der Waals surface area contributed by atoms with E-state index >= 15 is 0 Å². The number of hydrogen-bond acceptors (Lipinski definition) is 6. The fourth-order valence-corrected chi connectivity index (χ4v) is 2.97. The predicted octanol–water partition coefficient (Wildman–Crippen LogP) is -1.91. The second-order valence-electron chi connectivity index (χ2n) is 2.61. The third kappa shape index (κ3) is 3.10. The monoisotopic (exact) mass is 263 g/mol. The number of aliphatic carboxylic acids is 1. The lowest BCUT2D eigenvalue weighted by Gasteiger charge is -2.22. The van der Waals surface area contributed by atoms with Crippen molar-refractivity contribution in [1.29, 1.82) is 0 Å². The van der Waals surface area contributed by atoms with Gasteiger partial charge < -0.3 is 10.2 Å². The van der Waals surface area contributed by atoms with Gasteiger partial charge in [-0.2, -0.15) is 16.8 Å². The molecule has 0 heterocycles. The van der Waals surface area contributed by atoms with Gasteiger partial charge in [0.15, 0.2) is 0 Å². The van der Waals surface area contributed by atoms with Crippen molar-refractivity contribution in [1.82, 2.24) is 0 Å². The molecule has 0 amide bonds. The summed E-state index contributed by atoms with van der Waals surface area (Å²) in [6.45, 7) is 0.270. The van der Waals surface area contributed by atoms with Crippen LogP contribution in [0.2, 0.25) is 0 Å². The molecule has 0 saturated heterocycles. The van der Waals surface area contributed by atoms with E-state index in [0.717, 1.165) is 0 Å². The van der Waals surface area contributed by atoms with E-state index in [1.54, 1.807) is 0 Å². The molecule has 0 aromatic heterocycles. The summed E-state index contributed by atoms with van der Waals surface area (Å²) in [7, 11) is -11.2. The first kappa shape index (κ1) is 14.2. The van der Waals surface area contributed by atoms with Crippen molar-refractivity contribution in [3.8, 4) is 0 Å². The Morgan fingerprint density at radius 3 is 1.40 bits per heavy atom. The van der Waals surface area contributed by atoms with Crippen LogP contribution in [-0.2, 0) is 25.0 Å². The van der Waals surface area contributed by atoms with Crippen molar-refractivity contribution in [3.05, 3.63) is 4.58 Å². The molecule has 11 heteroatoms. The lowest BCUT2D eigenvalue weighted by atomic mass is 10.1. The Balaban J connectivity index is 5.88. The third-order valence-electron chi connectivity index (χ3n) is 1.28. The Bertz CT molecular complexity index is 422. The molecule has 89 valence electrons. The second-order valence-corrected chi connectivity index (χ2v) is 5.59. The van der Waals surface area contributed by atoms with Crippen LogP contribution in [0.25, 0.3) is 0 Å². The Hall–Kier alpha value is -0.750. The molecule has 0 aromatic rings. The van der Waals surface area contributed by atoms with Crippen LogP contribution >= 0.6 is 0 Å². The van der Waals surface area contributed by atoms with Crippen molar-refractivity contribution in [2.45, 2.75) is 12.5 Å². The maximum atomic E-state index is 10.5.